The molecule has 0 aliphatic heterocycles. The lowest BCUT2D eigenvalue weighted by Crippen LogP contribution is -2.18. The van der Waals surface area contributed by atoms with Crippen LogP contribution in [0.5, 0.6) is 0 Å². The van der Waals surface area contributed by atoms with Gasteiger partial charge < -0.3 is 10.7 Å². The van der Waals surface area contributed by atoms with Gasteiger partial charge in [-0.25, -0.2) is 4.98 Å². The molecule has 1 aromatic carbocycles. The quantitative estimate of drug-likeness (QED) is 0.868. The Bertz CT molecular complexity index is 617. The van der Waals surface area contributed by atoms with Crippen LogP contribution in [0.2, 0.25) is 0 Å². The first-order valence-electron chi connectivity index (χ1n) is 6.07. The number of nitrogen functional groups attached to an aromatic ring is 1. The number of nitrogens with two attached hydrogens (primary N) is 1. The third-order valence-corrected chi connectivity index (χ3v) is 2.84. The molecule has 0 saturated carbocycles. The number of aromatic nitrogens is 2. The van der Waals surface area contributed by atoms with Crippen LogP contribution < -0.4 is 11.3 Å². The second-order valence-electron chi connectivity index (χ2n) is 4.40. The van der Waals surface area contributed by atoms with Crippen LogP contribution in [0.15, 0.2) is 29.1 Å². The topological polar surface area (TPSA) is 71.8 Å². The molecule has 0 atom stereocenters. The van der Waals surface area contributed by atoms with Gasteiger partial charge in [-0.05, 0) is 19.4 Å². The van der Waals surface area contributed by atoms with Crippen molar-refractivity contribution in [2.45, 2.75) is 26.7 Å². The van der Waals surface area contributed by atoms with Crippen molar-refractivity contribution in [3.63, 3.8) is 0 Å². The standard InChI is InChI=1S/C14H17N3O/c1-3-5-11-12(15)16-13(17-14(11)18)10-7-4-6-9(2)8-10/h4,6-8H,3,5H2,1-2H3,(H3,15,16,17,18). The fourth-order valence-electron chi connectivity index (χ4n) is 1.94. The molecule has 0 amide bonds. The van der Waals surface area contributed by atoms with Gasteiger partial charge in [0.05, 0.1) is 5.56 Å². The number of H-pyrrole nitrogens is 1. The Hall–Kier alpha value is -2.10. The van der Waals surface area contributed by atoms with Crippen LogP contribution in [-0.2, 0) is 6.42 Å². The lowest BCUT2D eigenvalue weighted by molar-refractivity contribution is 0.892. The van der Waals surface area contributed by atoms with Gasteiger partial charge in [-0.2, -0.15) is 0 Å². The molecule has 0 radical (unpaired) electrons. The van der Waals surface area contributed by atoms with E-state index in [1.807, 2.05) is 38.1 Å². The van der Waals surface area contributed by atoms with E-state index < -0.39 is 0 Å². The zero-order valence-electron chi connectivity index (χ0n) is 10.7. The summed E-state index contributed by atoms with van der Waals surface area (Å²) in [5, 5.41) is 0. The second kappa shape index (κ2) is 5.04. The van der Waals surface area contributed by atoms with Gasteiger partial charge in [0, 0.05) is 5.56 Å². The molecule has 18 heavy (non-hydrogen) atoms. The van der Waals surface area contributed by atoms with Crippen LogP contribution in [0.25, 0.3) is 11.4 Å². The number of anilines is 1. The Balaban J connectivity index is 2.51. The van der Waals surface area contributed by atoms with E-state index in [1.165, 1.54) is 0 Å². The molecule has 1 heterocycles. The number of nitrogens with one attached hydrogen (secondary N) is 1. The molecule has 94 valence electrons. The highest BCUT2D eigenvalue weighted by Crippen LogP contribution is 2.17. The van der Waals surface area contributed by atoms with E-state index in [9.17, 15) is 4.79 Å². The first-order chi connectivity index (χ1) is 8.61. The van der Waals surface area contributed by atoms with E-state index in [0.717, 1.165) is 17.5 Å². The largest absolute Gasteiger partial charge is 0.383 e. The number of aryl methyl sites for hydroxylation is 1. The number of benzene rings is 1. The monoisotopic (exact) mass is 243 g/mol. The van der Waals surface area contributed by atoms with E-state index in [4.69, 9.17) is 5.73 Å². The number of hydrogen-bond donors (Lipinski definition) is 2. The molecule has 0 spiro atoms. The molecule has 0 saturated heterocycles. The lowest BCUT2D eigenvalue weighted by atomic mass is 10.1. The molecule has 0 fully saturated rings. The van der Waals surface area contributed by atoms with E-state index in [2.05, 4.69) is 9.97 Å². The summed E-state index contributed by atoms with van der Waals surface area (Å²) in [6, 6.07) is 7.80. The zero-order valence-corrected chi connectivity index (χ0v) is 10.7. The minimum Gasteiger partial charge on any atom is -0.383 e. The minimum atomic E-state index is -0.138. The van der Waals surface area contributed by atoms with Gasteiger partial charge in [0.1, 0.15) is 11.6 Å². The normalized spacial score (nSPS) is 10.6. The fraction of sp³-hybridized carbons (Fsp3) is 0.286. The van der Waals surface area contributed by atoms with Crippen LogP contribution in [0.1, 0.15) is 24.5 Å². The minimum absolute atomic E-state index is 0.138. The van der Waals surface area contributed by atoms with E-state index in [1.54, 1.807) is 0 Å². The van der Waals surface area contributed by atoms with Crippen molar-refractivity contribution in [3.8, 4) is 11.4 Å². The maximum atomic E-state index is 11.9. The Kier molecular flexibility index (Phi) is 3.46. The summed E-state index contributed by atoms with van der Waals surface area (Å²) in [5.74, 6) is 0.859. The zero-order chi connectivity index (χ0) is 13.1. The first kappa shape index (κ1) is 12.4. The average Bonchev–Trinajstić information content (AvgIpc) is 2.33. The van der Waals surface area contributed by atoms with Crippen molar-refractivity contribution in [3.05, 3.63) is 45.7 Å². The van der Waals surface area contributed by atoms with Gasteiger partial charge in [0.2, 0.25) is 0 Å². The molecule has 0 aliphatic carbocycles. The summed E-state index contributed by atoms with van der Waals surface area (Å²) < 4.78 is 0. The summed E-state index contributed by atoms with van der Waals surface area (Å²) >= 11 is 0. The van der Waals surface area contributed by atoms with Gasteiger partial charge in [0.25, 0.3) is 5.56 Å². The van der Waals surface area contributed by atoms with E-state index in [0.29, 0.717) is 23.6 Å². The summed E-state index contributed by atoms with van der Waals surface area (Å²) in [6.45, 7) is 4.00. The molecular weight excluding hydrogens is 226 g/mol. The van der Waals surface area contributed by atoms with Gasteiger partial charge in [-0.3, -0.25) is 4.79 Å². The molecule has 2 aromatic rings. The second-order valence-corrected chi connectivity index (χ2v) is 4.40. The Morgan fingerprint density at radius 2 is 2.17 bits per heavy atom. The Morgan fingerprint density at radius 1 is 1.39 bits per heavy atom. The average molecular weight is 243 g/mol. The summed E-state index contributed by atoms with van der Waals surface area (Å²) in [7, 11) is 0. The molecule has 0 unspecified atom stereocenters. The first-order valence-corrected chi connectivity index (χ1v) is 6.07. The van der Waals surface area contributed by atoms with Crippen molar-refractivity contribution < 1.29 is 0 Å². The molecular formula is C14H17N3O. The molecule has 4 nitrogen and oxygen atoms in total. The third kappa shape index (κ3) is 2.42. The number of aromatic amines is 1. The van der Waals surface area contributed by atoms with Crippen LogP contribution >= 0.6 is 0 Å². The maximum Gasteiger partial charge on any atom is 0.256 e. The van der Waals surface area contributed by atoms with Crippen molar-refractivity contribution in [2.75, 3.05) is 5.73 Å². The van der Waals surface area contributed by atoms with E-state index >= 15 is 0 Å². The van der Waals surface area contributed by atoms with Crippen molar-refractivity contribution in [1.82, 2.24) is 9.97 Å². The third-order valence-electron chi connectivity index (χ3n) is 2.84. The van der Waals surface area contributed by atoms with Crippen molar-refractivity contribution >= 4 is 5.82 Å². The lowest BCUT2D eigenvalue weighted by Gasteiger charge is -2.06. The summed E-state index contributed by atoms with van der Waals surface area (Å²) in [6.07, 6.45) is 1.53. The number of hydrogen-bond acceptors (Lipinski definition) is 3. The Morgan fingerprint density at radius 3 is 2.78 bits per heavy atom. The van der Waals surface area contributed by atoms with Crippen LogP contribution in [0.4, 0.5) is 5.82 Å². The molecule has 0 bridgehead atoms. The highest BCUT2D eigenvalue weighted by Gasteiger charge is 2.09. The molecule has 2 rings (SSSR count). The number of nitrogens with zero attached hydrogens (tertiary/aromatic N) is 1. The van der Waals surface area contributed by atoms with E-state index in [-0.39, 0.29) is 5.56 Å². The predicted octanol–water partition coefficient (Wildman–Crippen LogP) is 2.28. The molecule has 3 N–H and O–H groups in total. The highest BCUT2D eigenvalue weighted by molar-refractivity contribution is 5.58. The van der Waals surface area contributed by atoms with Crippen molar-refractivity contribution in [2.24, 2.45) is 0 Å². The van der Waals surface area contributed by atoms with Crippen LogP contribution in [0.3, 0.4) is 0 Å². The fourth-order valence-corrected chi connectivity index (χ4v) is 1.94. The summed E-state index contributed by atoms with van der Waals surface area (Å²) in [4.78, 5) is 19.0. The SMILES string of the molecule is CCCc1c(N)nc(-c2cccc(C)c2)[nH]c1=O. The van der Waals surface area contributed by atoms with Gasteiger partial charge in [-0.15, -0.1) is 0 Å². The van der Waals surface area contributed by atoms with Crippen LogP contribution in [-0.4, -0.2) is 9.97 Å². The molecule has 1 aromatic heterocycles. The molecule has 0 aliphatic rings. The van der Waals surface area contributed by atoms with Crippen molar-refractivity contribution in [1.29, 1.82) is 0 Å². The summed E-state index contributed by atoms with van der Waals surface area (Å²) in [5.41, 5.74) is 8.29. The van der Waals surface area contributed by atoms with Gasteiger partial charge in [-0.1, -0.05) is 37.1 Å². The van der Waals surface area contributed by atoms with Gasteiger partial charge in [0.15, 0.2) is 0 Å². The molecule has 4 heteroatoms. The Labute approximate surface area is 106 Å². The predicted molar refractivity (Wildman–Crippen MR) is 73.4 cm³/mol. The number of rotatable bonds is 3. The van der Waals surface area contributed by atoms with Crippen LogP contribution in [0, 0.1) is 6.92 Å². The highest BCUT2D eigenvalue weighted by atomic mass is 16.1. The maximum absolute atomic E-state index is 11.9. The van der Waals surface area contributed by atoms with Gasteiger partial charge >= 0.3 is 0 Å². The smallest absolute Gasteiger partial charge is 0.256 e.